The van der Waals surface area contributed by atoms with Crippen LogP contribution in [0.5, 0.6) is 5.75 Å². The van der Waals surface area contributed by atoms with E-state index >= 15 is 0 Å². The molecular formula is C18H29NO. The van der Waals surface area contributed by atoms with Crippen molar-refractivity contribution in [1.82, 2.24) is 0 Å². The molecule has 1 aliphatic rings. The topological polar surface area (TPSA) is 21.3 Å². The predicted octanol–water partition coefficient (Wildman–Crippen LogP) is 5.02. The van der Waals surface area contributed by atoms with Crippen LogP contribution in [-0.4, -0.2) is 13.2 Å². The quantitative estimate of drug-likeness (QED) is 0.787. The Morgan fingerprint density at radius 1 is 1.20 bits per heavy atom. The summed E-state index contributed by atoms with van der Waals surface area (Å²) in [6.07, 6.45) is 6.56. The molecule has 0 aliphatic heterocycles. The van der Waals surface area contributed by atoms with Crippen LogP contribution in [0, 0.1) is 18.8 Å². The largest absolute Gasteiger partial charge is 0.491 e. The molecule has 0 saturated heterocycles. The Morgan fingerprint density at radius 2 is 1.95 bits per heavy atom. The molecule has 2 rings (SSSR count). The number of ether oxygens (including phenoxy) is 1. The van der Waals surface area contributed by atoms with Gasteiger partial charge >= 0.3 is 0 Å². The molecule has 0 radical (unpaired) electrons. The van der Waals surface area contributed by atoms with Gasteiger partial charge in [0.1, 0.15) is 5.75 Å². The van der Waals surface area contributed by atoms with Crippen LogP contribution < -0.4 is 10.1 Å². The normalized spacial score (nSPS) is 22.6. The molecule has 0 spiro atoms. The molecule has 1 aromatic carbocycles. The Bertz CT molecular complexity index is 408. The molecule has 1 aliphatic carbocycles. The van der Waals surface area contributed by atoms with Crippen molar-refractivity contribution in [1.29, 1.82) is 0 Å². The molecule has 1 aromatic rings. The van der Waals surface area contributed by atoms with Gasteiger partial charge in [0, 0.05) is 6.54 Å². The molecule has 1 saturated carbocycles. The standard InChI is InChI=1S/C18H29NO/c1-4-11-20-18-12-15(3)7-10-17(18)19-13-16-8-5-14(2)6-9-16/h7,10,12,14,16,19H,4-6,8-9,11,13H2,1-3H3. The van der Waals surface area contributed by atoms with Gasteiger partial charge in [0.05, 0.1) is 12.3 Å². The zero-order valence-electron chi connectivity index (χ0n) is 13.2. The first-order chi connectivity index (χ1) is 9.69. The molecule has 0 amide bonds. The monoisotopic (exact) mass is 275 g/mol. The maximum atomic E-state index is 5.86. The third kappa shape index (κ3) is 4.43. The first-order valence-corrected chi connectivity index (χ1v) is 8.16. The summed E-state index contributed by atoms with van der Waals surface area (Å²) in [5.41, 5.74) is 2.41. The van der Waals surface area contributed by atoms with Crippen LogP contribution in [0.1, 0.15) is 51.5 Å². The maximum absolute atomic E-state index is 5.86. The molecule has 112 valence electrons. The number of hydrogen-bond donors (Lipinski definition) is 1. The molecule has 20 heavy (non-hydrogen) atoms. The third-order valence-corrected chi connectivity index (χ3v) is 4.32. The Hall–Kier alpha value is -1.18. The van der Waals surface area contributed by atoms with Crippen LogP contribution in [0.3, 0.4) is 0 Å². The van der Waals surface area contributed by atoms with E-state index in [1.165, 1.54) is 31.2 Å². The SMILES string of the molecule is CCCOc1cc(C)ccc1NCC1CCC(C)CC1. The summed E-state index contributed by atoms with van der Waals surface area (Å²) in [6.45, 7) is 8.51. The fourth-order valence-electron chi connectivity index (χ4n) is 2.89. The molecule has 1 fully saturated rings. The summed E-state index contributed by atoms with van der Waals surface area (Å²) in [5.74, 6) is 2.76. The van der Waals surface area contributed by atoms with Crippen LogP contribution in [0.25, 0.3) is 0 Å². The second kappa shape index (κ2) is 7.56. The Labute approximate surface area is 123 Å². The summed E-state index contributed by atoms with van der Waals surface area (Å²) in [4.78, 5) is 0. The van der Waals surface area contributed by atoms with Crippen LogP contribution >= 0.6 is 0 Å². The number of benzene rings is 1. The van der Waals surface area contributed by atoms with Crippen LogP contribution in [0.4, 0.5) is 5.69 Å². The predicted molar refractivity (Wildman–Crippen MR) is 86.6 cm³/mol. The summed E-state index contributed by atoms with van der Waals surface area (Å²) < 4.78 is 5.86. The van der Waals surface area contributed by atoms with Crippen molar-refractivity contribution in [2.75, 3.05) is 18.5 Å². The molecule has 0 heterocycles. The fraction of sp³-hybridized carbons (Fsp3) is 0.667. The van der Waals surface area contributed by atoms with Gasteiger partial charge in [0.25, 0.3) is 0 Å². The summed E-state index contributed by atoms with van der Waals surface area (Å²) in [6, 6.07) is 6.46. The van der Waals surface area contributed by atoms with Crippen LogP contribution in [0.2, 0.25) is 0 Å². The maximum Gasteiger partial charge on any atom is 0.142 e. The Kier molecular flexibility index (Phi) is 5.75. The molecule has 0 unspecified atom stereocenters. The summed E-state index contributed by atoms with van der Waals surface area (Å²) >= 11 is 0. The van der Waals surface area contributed by atoms with Crippen molar-refractivity contribution >= 4 is 5.69 Å². The minimum absolute atomic E-state index is 0.791. The van der Waals surface area contributed by atoms with Gasteiger partial charge in [0.2, 0.25) is 0 Å². The molecule has 2 nitrogen and oxygen atoms in total. The zero-order valence-corrected chi connectivity index (χ0v) is 13.2. The summed E-state index contributed by atoms with van der Waals surface area (Å²) in [7, 11) is 0. The molecule has 0 bridgehead atoms. The van der Waals surface area contributed by atoms with E-state index in [1.807, 2.05) is 0 Å². The molecule has 1 N–H and O–H groups in total. The lowest BCUT2D eigenvalue weighted by atomic mass is 9.83. The van der Waals surface area contributed by atoms with Gasteiger partial charge in [0.15, 0.2) is 0 Å². The van der Waals surface area contributed by atoms with E-state index in [-0.39, 0.29) is 0 Å². The highest BCUT2D eigenvalue weighted by molar-refractivity contribution is 5.57. The van der Waals surface area contributed by atoms with Gasteiger partial charge in [-0.1, -0.05) is 32.8 Å². The molecule has 0 aromatic heterocycles. The van der Waals surface area contributed by atoms with Gasteiger partial charge < -0.3 is 10.1 Å². The van der Waals surface area contributed by atoms with Crippen LogP contribution in [-0.2, 0) is 0 Å². The minimum atomic E-state index is 0.791. The van der Waals surface area contributed by atoms with Crippen molar-refractivity contribution < 1.29 is 4.74 Å². The second-order valence-corrected chi connectivity index (χ2v) is 6.35. The van der Waals surface area contributed by atoms with Gasteiger partial charge in [-0.25, -0.2) is 0 Å². The van der Waals surface area contributed by atoms with E-state index in [9.17, 15) is 0 Å². The fourth-order valence-corrected chi connectivity index (χ4v) is 2.89. The van der Waals surface area contributed by atoms with E-state index in [2.05, 4.69) is 44.3 Å². The van der Waals surface area contributed by atoms with Gasteiger partial charge in [-0.2, -0.15) is 0 Å². The summed E-state index contributed by atoms with van der Waals surface area (Å²) in [5, 5.41) is 3.61. The lowest BCUT2D eigenvalue weighted by Gasteiger charge is -2.27. The van der Waals surface area contributed by atoms with Crippen molar-refractivity contribution in [3.05, 3.63) is 23.8 Å². The number of rotatable bonds is 6. The van der Waals surface area contributed by atoms with E-state index in [0.29, 0.717) is 0 Å². The van der Waals surface area contributed by atoms with E-state index in [1.54, 1.807) is 0 Å². The minimum Gasteiger partial charge on any atom is -0.491 e. The number of nitrogens with one attached hydrogen (secondary N) is 1. The van der Waals surface area contributed by atoms with Gasteiger partial charge in [-0.05, 0) is 55.7 Å². The number of anilines is 1. The van der Waals surface area contributed by atoms with Crippen molar-refractivity contribution in [2.45, 2.75) is 52.9 Å². The molecular weight excluding hydrogens is 246 g/mol. The lowest BCUT2D eigenvalue weighted by Crippen LogP contribution is -2.20. The van der Waals surface area contributed by atoms with Crippen LogP contribution in [0.15, 0.2) is 18.2 Å². The first-order valence-electron chi connectivity index (χ1n) is 8.16. The lowest BCUT2D eigenvalue weighted by molar-refractivity contribution is 0.299. The van der Waals surface area contributed by atoms with E-state index in [0.717, 1.165) is 42.8 Å². The van der Waals surface area contributed by atoms with Gasteiger partial charge in [-0.3, -0.25) is 0 Å². The smallest absolute Gasteiger partial charge is 0.142 e. The second-order valence-electron chi connectivity index (χ2n) is 6.35. The molecule has 0 atom stereocenters. The van der Waals surface area contributed by atoms with Crippen molar-refractivity contribution in [2.24, 2.45) is 11.8 Å². The van der Waals surface area contributed by atoms with Crippen molar-refractivity contribution in [3.63, 3.8) is 0 Å². The van der Waals surface area contributed by atoms with E-state index < -0.39 is 0 Å². The van der Waals surface area contributed by atoms with E-state index in [4.69, 9.17) is 4.74 Å². The number of hydrogen-bond acceptors (Lipinski definition) is 2. The highest BCUT2D eigenvalue weighted by Crippen LogP contribution is 2.30. The van der Waals surface area contributed by atoms with Gasteiger partial charge in [-0.15, -0.1) is 0 Å². The average molecular weight is 275 g/mol. The third-order valence-electron chi connectivity index (χ3n) is 4.32. The highest BCUT2D eigenvalue weighted by atomic mass is 16.5. The zero-order chi connectivity index (χ0) is 14.4. The van der Waals surface area contributed by atoms with Crippen molar-refractivity contribution in [3.8, 4) is 5.75 Å². The Morgan fingerprint density at radius 3 is 2.65 bits per heavy atom. The average Bonchev–Trinajstić information content (AvgIpc) is 2.46. The highest BCUT2D eigenvalue weighted by Gasteiger charge is 2.18. The Balaban J connectivity index is 1.91. The number of aryl methyl sites for hydroxylation is 1. The first kappa shape index (κ1) is 15.2. The molecule has 2 heteroatoms.